The van der Waals surface area contributed by atoms with Crippen molar-refractivity contribution in [3.8, 4) is 0 Å². The molecule has 4 aliphatic carbocycles. The summed E-state index contributed by atoms with van der Waals surface area (Å²) in [7, 11) is 0. The van der Waals surface area contributed by atoms with Crippen molar-refractivity contribution in [3.05, 3.63) is 0 Å². The third kappa shape index (κ3) is 3.88. The molecular weight excluding hydrogens is 375 g/mol. The number of hydrogen-bond donors (Lipinski definition) is 2. The first-order valence-electron chi connectivity index (χ1n) is 11.7. The molecule has 10 atom stereocenters. The first-order chi connectivity index (χ1) is 13.2. The molecule has 0 aromatic rings. The largest absolute Gasteiger partial charge is 1.00 e. The van der Waals surface area contributed by atoms with Gasteiger partial charge in [0.2, 0.25) is 0 Å². The van der Waals surface area contributed by atoms with E-state index in [4.69, 9.17) is 0 Å². The van der Waals surface area contributed by atoms with Gasteiger partial charge in [0.15, 0.2) is 0 Å². The maximum absolute atomic E-state index is 11.5. The van der Waals surface area contributed by atoms with Crippen molar-refractivity contribution in [1.29, 1.82) is 0 Å². The SMILES string of the molecule is CC(CCC(=O)[O-])[C@H]1CC[C@H]2[C@@H]3CC[C@@H]4C[C@H](O)CC[C@]4(C)[C@H]3C[C@H](O)[C@]12C.[Na+]. The molecule has 0 radical (unpaired) electrons. The maximum Gasteiger partial charge on any atom is 1.00 e. The molecule has 160 valence electrons. The van der Waals surface area contributed by atoms with E-state index in [1.807, 2.05) is 0 Å². The van der Waals surface area contributed by atoms with Crippen LogP contribution < -0.4 is 34.7 Å². The molecular formula is C24H39NaO4. The summed E-state index contributed by atoms with van der Waals surface area (Å²) in [5.74, 6) is 2.19. The quantitative estimate of drug-likeness (QED) is 0.642. The van der Waals surface area contributed by atoms with Crippen LogP contribution in [-0.2, 0) is 4.79 Å². The number of aliphatic hydroxyl groups is 2. The van der Waals surface area contributed by atoms with E-state index in [1.54, 1.807) is 0 Å². The zero-order chi connectivity index (χ0) is 20.3. The Hall–Kier alpha value is 0.390. The first-order valence-corrected chi connectivity index (χ1v) is 11.7. The van der Waals surface area contributed by atoms with Gasteiger partial charge in [0.1, 0.15) is 0 Å². The molecule has 0 amide bonds. The summed E-state index contributed by atoms with van der Waals surface area (Å²) in [6.45, 7) is 6.94. The van der Waals surface area contributed by atoms with Crippen molar-refractivity contribution in [1.82, 2.24) is 0 Å². The van der Waals surface area contributed by atoms with Crippen LogP contribution in [0.4, 0.5) is 0 Å². The maximum atomic E-state index is 11.5. The number of aliphatic hydroxyl groups excluding tert-OH is 2. The third-order valence-corrected chi connectivity index (χ3v) is 10.3. The molecule has 0 heterocycles. The third-order valence-electron chi connectivity index (χ3n) is 10.3. The number of carbonyl (C=O) groups is 1. The van der Waals surface area contributed by atoms with E-state index in [0.29, 0.717) is 41.9 Å². The zero-order valence-corrected chi connectivity index (χ0v) is 20.9. The standard InChI is InChI=1S/C24H40O4.Na/c1-14(4-9-22(27)28)18-7-8-19-17-6-5-15-12-16(25)10-11-23(15,2)20(17)13-21(26)24(18,19)3;/h14-21,25-26H,4-13H2,1-3H3,(H,27,28);/q;+1/p-1/t14?,15-,16-,17+,18-,19+,20+,21+,23+,24-;/m1./s1. The Morgan fingerprint density at radius 2 is 1.79 bits per heavy atom. The van der Waals surface area contributed by atoms with Crippen LogP contribution in [0.5, 0.6) is 0 Å². The number of carboxylic acid groups (broad SMARTS) is 1. The van der Waals surface area contributed by atoms with Gasteiger partial charge >= 0.3 is 29.6 Å². The van der Waals surface area contributed by atoms with Crippen LogP contribution in [0, 0.1) is 46.3 Å². The molecule has 1 unspecified atom stereocenters. The topological polar surface area (TPSA) is 80.6 Å². The minimum atomic E-state index is -0.957. The second-order valence-electron chi connectivity index (χ2n) is 11.3. The van der Waals surface area contributed by atoms with Crippen LogP contribution in [0.3, 0.4) is 0 Å². The molecule has 4 nitrogen and oxygen atoms in total. The van der Waals surface area contributed by atoms with E-state index in [0.717, 1.165) is 32.1 Å². The molecule has 0 aromatic carbocycles. The number of aliphatic carboxylic acids is 1. The second-order valence-corrected chi connectivity index (χ2v) is 11.3. The molecule has 4 aliphatic rings. The summed E-state index contributed by atoms with van der Waals surface area (Å²) in [5, 5.41) is 32.6. The number of hydrogen-bond acceptors (Lipinski definition) is 4. The monoisotopic (exact) mass is 414 g/mol. The summed E-state index contributed by atoms with van der Waals surface area (Å²) in [6, 6.07) is 0. The minimum Gasteiger partial charge on any atom is -0.550 e. The van der Waals surface area contributed by atoms with Gasteiger partial charge in [-0.2, -0.15) is 0 Å². The summed E-state index contributed by atoms with van der Waals surface area (Å²) in [5.41, 5.74) is 0.188. The Bertz CT molecular complexity index is 612. The fourth-order valence-corrected chi connectivity index (χ4v) is 8.71. The average molecular weight is 415 g/mol. The zero-order valence-electron chi connectivity index (χ0n) is 18.9. The smallest absolute Gasteiger partial charge is 0.550 e. The Morgan fingerprint density at radius 3 is 2.48 bits per heavy atom. The van der Waals surface area contributed by atoms with Crippen molar-refractivity contribution in [2.24, 2.45) is 46.3 Å². The van der Waals surface area contributed by atoms with E-state index < -0.39 is 5.97 Å². The van der Waals surface area contributed by atoms with Crippen molar-refractivity contribution in [2.75, 3.05) is 0 Å². The van der Waals surface area contributed by atoms with E-state index in [-0.39, 0.29) is 59.0 Å². The molecule has 0 aromatic heterocycles. The Balaban J connectivity index is 0.00000240. The fraction of sp³-hybridized carbons (Fsp3) is 0.958. The van der Waals surface area contributed by atoms with E-state index >= 15 is 0 Å². The Kier molecular flexibility index (Phi) is 7.24. The molecule has 4 saturated carbocycles. The Labute approximate surface area is 198 Å². The van der Waals surface area contributed by atoms with Crippen LogP contribution in [0.15, 0.2) is 0 Å². The predicted molar refractivity (Wildman–Crippen MR) is 106 cm³/mol. The van der Waals surface area contributed by atoms with Gasteiger partial charge in [-0.15, -0.1) is 0 Å². The average Bonchev–Trinajstić information content (AvgIpc) is 3.00. The molecule has 4 rings (SSSR count). The van der Waals surface area contributed by atoms with Crippen LogP contribution in [0.2, 0.25) is 0 Å². The van der Waals surface area contributed by atoms with Crippen molar-refractivity contribution in [2.45, 2.75) is 97.2 Å². The molecule has 5 heteroatoms. The van der Waals surface area contributed by atoms with Gasteiger partial charge in [0.05, 0.1) is 12.2 Å². The van der Waals surface area contributed by atoms with E-state index in [2.05, 4.69) is 20.8 Å². The van der Waals surface area contributed by atoms with Gasteiger partial charge in [-0.3, -0.25) is 0 Å². The molecule has 4 fully saturated rings. The van der Waals surface area contributed by atoms with Crippen LogP contribution in [0.1, 0.15) is 85.0 Å². The summed E-state index contributed by atoms with van der Waals surface area (Å²) in [4.78, 5) is 10.9. The van der Waals surface area contributed by atoms with Gasteiger partial charge in [-0.25, -0.2) is 0 Å². The molecule has 2 N–H and O–H groups in total. The van der Waals surface area contributed by atoms with Gasteiger partial charge in [-0.1, -0.05) is 20.8 Å². The summed E-state index contributed by atoms with van der Waals surface area (Å²) < 4.78 is 0. The van der Waals surface area contributed by atoms with Crippen molar-refractivity contribution >= 4 is 5.97 Å². The number of carbonyl (C=O) groups excluding carboxylic acids is 1. The van der Waals surface area contributed by atoms with Crippen molar-refractivity contribution < 1.29 is 49.7 Å². The van der Waals surface area contributed by atoms with Gasteiger partial charge in [0, 0.05) is 5.97 Å². The predicted octanol–water partition coefficient (Wildman–Crippen LogP) is 0.147. The summed E-state index contributed by atoms with van der Waals surface area (Å²) in [6.07, 6.45) is 8.98. The molecule has 0 saturated heterocycles. The molecule has 0 bridgehead atoms. The number of fused-ring (bicyclic) bond motifs is 5. The van der Waals surface area contributed by atoms with Gasteiger partial charge in [0.25, 0.3) is 0 Å². The van der Waals surface area contributed by atoms with Crippen LogP contribution >= 0.6 is 0 Å². The second kappa shape index (κ2) is 8.73. The Morgan fingerprint density at radius 1 is 1.07 bits per heavy atom. The normalized spacial score (nSPS) is 49.9. The summed E-state index contributed by atoms with van der Waals surface area (Å²) >= 11 is 0. The number of carboxylic acids is 1. The fourth-order valence-electron chi connectivity index (χ4n) is 8.71. The molecule has 0 spiro atoms. The minimum absolute atomic E-state index is 0. The molecule has 29 heavy (non-hydrogen) atoms. The van der Waals surface area contributed by atoms with E-state index in [1.165, 1.54) is 19.3 Å². The van der Waals surface area contributed by atoms with E-state index in [9.17, 15) is 20.1 Å². The van der Waals surface area contributed by atoms with Crippen LogP contribution in [0.25, 0.3) is 0 Å². The van der Waals surface area contributed by atoms with Crippen LogP contribution in [-0.4, -0.2) is 28.4 Å². The van der Waals surface area contributed by atoms with Crippen molar-refractivity contribution in [3.63, 3.8) is 0 Å². The molecule has 0 aliphatic heterocycles. The number of rotatable bonds is 4. The first kappa shape index (κ1) is 24.0. The van der Waals surface area contributed by atoms with Gasteiger partial charge < -0.3 is 20.1 Å². The van der Waals surface area contributed by atoms with Gasteiger partial charge in [-0.05, 0) is 111 Å².